The van der Waals surface area contributed by atoms with Crippen molar-refractivity contribution in [1.29, 1.82) is 0 Å². The lowest BCUT2D eigenvalue weighted by atomic mass is 9.97. The summed E-state index contributed by atoms with van der Waals surface area (Å²) >= 11 is 0. The second-order valence-corrected chi connectivity index (χ2v) is 4.46. The smallest absolute Gasteiger partial charge is 0.227 e. The van der Waals surface area contributed by atoms with E-state index in [1.165, 1.54) is 0 Å². The third-order valence-electron chi connectivity index (χ3n) is 3.17. The molecule has 1 amide bonds. The Kier molecular flexibility index (Phi) is 4.22. The van der Waals surface area contributed by atoms with E-state index in [0.29, 0.717) is 25.9 Å². The van der Waals surface area contributed by atoms with Crippen LogP contribution in [0.15, 0.2) is 0 Å². The maximum atomic E-state index is 13.4. The van der Waals surface area contributed by atoms with Gasteiger partial charge in [-0.1, -0.05) is 0 Å². The zero-order chi connectivity index (χ0) is 14.9. The molecule has 0 radical (unpaired) electrons. The summed E-state index contributed by atoms with van der Waals surface area (Å²) in [5.41, 5.74) is -1.30. The van der Waals surface area contributed by atoms with Crippen LogP contribution in [0, 0.1) is 35.0 Å². The summed E-state index contributed by atoms with van der Waals surface area (Å²) in [7, 11) is 0. The standard InChI is InChI=1S/C12H11F5N2O/c13-6-7(14)9(16)11(10(17)8(6)15)19-12(20)5-1-3-18-4-2-5/h5,18H,1-4H2,(H,19,20). The molecular formula is C12H11F5N2O. The van der Waals surface area contributed by atoms with Crippen LogP contribution in [0.3, 0.4) is 0 Å². The van der Waals surface area contributed by atoms with E-state index in [1.807, 2.05) is 0 Å². The lowest BCUT2D eigenvalue weighted by Crippen LogP contribution is -2.35. The molecule has 8 heteroatoms. The Labute approximate surface area is 111 Å². The van der Waals surface area contributed by atoms with Gasteiger partial charge in [-0.3, -0.25) is 4.79 Å². The Bertz CT molecular complexity index is 514. The number of anilines is 1. The van der Waals surface area contributed by atoms with E-state index in [0.717, 1.165) is 0 Å². The van der Waals surface area contributed by atoms with Crippen molar-refractivity contribution >= 4 is 11.6 Å². The van der Waals surface area contributed by atoms with E-state index >= 15 is 0 Å². The lowest BCUT2D eigenvalue weighted by molar-refractivity contribution is -0.120. The molecule has 1 aliphatic heterocycles. The fourth-order valence-electron chi connectivity index (χ4n) is 2.02. The first kappa shape index (κ1) is 14.7. The largest absolute Gasteiger partial charge is 0.321 e. The van der Waals surface area contributed by atoms with Crippen LogP contribution in [0.25, 0.3) is 0 Å². The van der Waals surface area contributed by atoms with Crippen molar-refractivity contribution < 1.29 is 26.7 Å². The van der Waals surface area contributed by atoms with Gasteiger partial charge in [0.1, 0.15) is 5.69 Å². The normalized spacial score (nSPS) is 16.2. The maximum Gasteiger partial charge on any atom is 0.227 e. The number of nitrogens with one attached hydrogen (secondary N) is 2. The highest BCUT2D eigenvalue weighted by atomic mass is 19.2. The van der Waals surface area contributed by atoms with Gasteiger partial charge in [0.05, 0.1) is 0 Å². The van der Waals surface area contributed by atoms with Crippen molar-refractivity contribution in [2.24, 2.45) is 5.92 Å². The number of carbonyl (C=O) groups is 1. The molecule has 110 valence electrons. The summed E-state index contributed by atoms with van der Waals surface area (Å²) in [6.45, 7) is 1.10. The highest BCUT2D eigenvalue weighted by Gasteiger charge is 2.29. The molecule has 0 bridgehead atoms. The van der Waals surface area contributed by atoms with E-state index < -0.39 is 46.6 Å². The molecule has 1 saturated heterocycles. The second kappa shape index (κ2) is 5.74. The quantitative estimate of drug-likeness (QED) is 0.499. The minimum Gasteiger partial charge on any atom is -0.321 e. The molecule has 0 saturated carbocycles. The number of rotatable bonds is 2. The molecule has 0 spiro atoms. The van der Waals surface area contributed by atoms with E-state index in [-0.39, 0.29) is 0 Å². The van der Waals surface area contributed by atoms with Gasteiger partial charge in [0.15, 0.2) is 23.3 Å². The van der Waals surface area contributed by atoms with Crippen LogP contribution in [-0.2, 0) is 4.79 Å². The lowest BCUT2D eigenvalue weighted by Gasteiger charge is -2.22. The number of carbonyl (C=O) groups excluding carboxylic acids is 1. The van der Waals surface area contributed by atoms with Gasteiger partial charge < -0.3 is 10.6 Å². The summed E-state index contributed by atoms with van der Waals surface area (Å²) in [6.07, 6.45) is 0.864. The molecule has 2 N–H and O–H groups in total. The van der Waals surface area contributed by atoms with E-state index in [9.17, 15) is 26.7 Å². The molecule has 1 aliphatic rings. The predicted molar refractivity (Wildman–Crippen MR) is 60.5 cm³/mol. The zero-order valence-corrected chi connectivity index (χ0v) is 10.2. The number of hydrogen-bond donors (Lipinski definition) is 2. The molecule has 1 aromatic carbocycles. The first-order chi connectivity index (χ1) is 9.43. The third-order valence-corrected chi connectivity index (χ3v) is 3.17. The Morgan fingerprint density at radius 1 is 0.900 bits per heavy atom. The number of hydrogen-bond acceptors (Lipinski definition) is 2. The molecule has 0 atom stereocenters. The molecule has 1 aromatic rings. The van der Waals surface area contributed by atoms with Gasteiger partial charge in [-0.05, 0) is 25.9 Å². The number of benzene rings is 1. The SMILES string of the molecule is O=C(Nc1c(F)c(F)c(F)c(F)c1F)C1CCNCC1. The summed E-state index contributed by atoms with van der Waals surface area (Å²) < 4.78 is 65.6. The van der Waals surface area contributed by atoms with Gasteiger partial charge in [0.25, 0.3) is 0 Å². The highest BCUT2D eigenvalue weighted by Crippen LogP contribution is 2.28. The van der Waals surface area contributed by atoms with Crippen molar-refractivity contribution in [3.8, 4) is 0 Å². The van der Waals surface area contributed by atoms with Gasteiger partial charge in [-0.25, -0.2) is 22.0 Å². The summed E-state index contributed by atoms with van der Waals surface area (Å²) in [6, 6.07) is 0. The van der Waals surface area contributed by atoms with Crippen LogP contribution in [-0.4, -0.2) is 19.0 Å². The molecule has 3 nitrogen and oxygen atoms in total. The summed E-state index contributed by atoms with van der Waals surface area (Å²) in [5, 5.41) is 4.78. The average molecular weight is 294 g/mol. The van der Waals surface area contributed by atoms with Gasteiger partial charge in [0, 0.05) is 5.92 Å². The Morgan fingerprint density at radius 3 is 1.85 bits per heavy atom. The molecule has 20 heavy (non-hydrogen) atoms. The second-order valence-electron chi connectivity index (χ2n) is 4.46. The number of halogens is 5. The van der Waals surface area contributed by atoms with Gasteiger partial charge >= 0.3 is 0 Å². The topological polar surface area (TPSA) is 41.1 Å². The summed E-state index contributed by atoms with van der Waals surface area (Å²) in [4.78, 5) is 11.8. The Hall–Kier alpha value is -1.70. The van der Waals surface area contributed by atoms with Crippen LogP contribution < -0.4 is 10.6 Å². The van der Waals surface area contributed by atoms with Crippen molar-refractivity contribution in [3.05, 3.63) is 29.1 Å². The van der Waals surface area contributed by atoms with Crippen LogP contribution in [0.5, 0.6) is 0 Å². The van der Waals surface area contributed by atoms with Gasteiger partial charge in [0.2, 0.25) is 11.7 Å². The van der Waals surface area contributed by atoms with Crippen molar-refractivity contribution in [3.63, 3.8) is 0 Å². The van der Waals surface area contributed by atoms with Crippen LogP contribution in [0.2, 0.25) is 0 Å². The highest BCUT2D eigenvalue weighted by molar-refractivity contribution is 5.92. The monoisotopic (exact) mass is 294 g/mol. The minimum absolute atomic E-state index is 0.432. The summed E-state index contributed by atoms with van der Waals surface area (Å²) in [5.74, 6) is -11.8. The van der Waals surface area contributed by atoms with Crippen molar-refractivity contribution in [2.75, 3.05) is 18.4 Å². The molecule has 1 heterocycles. The number of amides is 1. The predicted octanol–water partition coefficient (Wildman–Crippen LogP) is 2.32. The first-order valence-corrected chi connectivity index (χ1v) is 5.96. The number of piperidine rings is 1. The first-order valence-electron chi connectivity index (χ1n) is 5.96. The molecule has 0 unspecified atom stereocenters. The van der Waals surface area contributed by atoms with Gasteiger partial charge in [-0.2, -0.15) is 0 Å². The molecule has 1 fully saturated rings. The van der Waals surface area contributed by atoms with Crippen LogP contribution >= 0.6 is 0 Å². The van der Waals surface area contributed by atoms with Crippen LogP contribution in [0.1, 0.15) is 12.8 Å². The fraction of sp³-hybridized carbons (Fsp3) is 0.417. The molecule has 2 rings (SSSR count). The van der Waals surface area contributed by atoms with Gasteiger partial charge in [-0.15, -0.1) is 0 Å². The molecule has 0 aliphatic carbocycles. The van der Waals surface area contributed by atoms with Crippen LogP contribution in [0.4, 0.5) is 27.6 Å². The molecular weight excluding hydrogens is 283 g/mol. The average Bonchev–Trinajstić information content (AvgIpc) is 2.48. The maximum absolute atomic E-state index is 13.4. The van der Waals surface area contributed by atoms with E-state index in [1.54, 1.807) is 5.32 Å². The molecule has 0 aromatic heterocycles. The third kappa shape index (κ3) is 2.60. The van der Waals surface area contributed by atoms with E-state index in [2.05, 4.69) is 5.32 Å². The minimum atomic E-state index is -2.25. The van der Waals surface area contributed by atoms with Crippen molar-refractivity contribution in [2.45, 2.75) is 12.8 Å². The fourth-order valence-corrected chi connectivity index (χ4v) is 2.02. The Morgan fingerprint density at radius 2 is 1.35 bits per heavy atom. The Balaban J connectivity index is 2.27. The van der Waals surface area contributed by atoms with E-state index in [4.69, 9.17) is 0 Å². The van der Waals surface area contributed by atoms with Crippen molar-refractivity contribution in [1.82, 2.24) is 5.32 Å². The zero-order valence-electron chi connectivity index (χ0n) is 10.2.